The lowest BCUT2D eigenvalue weighted by molar-refractivity contribution is 0.561. The average molecular weight is 212 g/mol. The van der Waals surface area contributed by atoms with Gasteiger partial charge in [0.15, 0.2) is 9.84 Å². The second-order valence-electron chi connectivity index (χ2n) is 4.10. The van der Waals surface area contributed by atoms with Crippen molar-refractivity contribution in [1.29, 1.82) is 0 Å². The lowest BCUT2D eigenvalue weighted by Crippen LogP contribution is -2.15. The maximum Gasteiger partial charge on any atom is 0.187 e. The van der Waals surface area contributed by atoms with E-state index in [9.17, 15) is 12.8 Å². The number of halogens is 1. The zero-order chi connectivity index (χ0) is 9.97. The van der Waals surface area contributed by atoms with E-state index in [0.717, 1.165) is 12.8 Å². The fourth-order valence-electron chi connectivity index (χ4n) is 1.98. The molecule has 0 radical (unpaired) electrons. The van der Waals surface area contributed by atoms with Gasteiger partial charge in [-0.3, -0.25) is 0 Å². The van der Waals surface area contributed by atoms with Crippen LogP contribution < -0.4 is 0 Å². The molecule has 2 aliphatic rings. The zero-order valence-electron chi connectivity index (χ0n) is 7.40. The summed E-state index contributed by atoms with van der Waals surface area (Å²) in [7, 11) is -3.40. The fourth-order valence-corrected chi connectivity index (χ4v) is 4.28. The molecule has 0 bridgehead atoms. The van der Waals surface area contributed by atoms with Crippen LogP contribution in [0.1, 0.15) is 12.8 Å². The Balaban J connectivity index is 2.15. The minimum atomic E-state index is -3.40. The molecule has 0 saturated heterocycles. The van der Waals surface area contributed by atoms with Crippen LogP contribution >= 0.6 is 0 Å². The molecule has 14 heavy (non-hydrogen) atoms. The Morgan fingerprint density at radius 1 is 1.29 bits per heavy atom. The van der Waals surface area contributed by atoms with E-state index >= 15 is 0 Å². The molecule has 0 unspecified atom stereocenters. The number of benzene rings is 1. The highest BCUT2D eigenvalue weighted by Crippen LogP contribution is 2.73. The molecule has 1 aromatic rings. The van der Waals surface area contributed by atoms with Gasteiger partial charge in [-0.25, -0.2) is 12.8 Å². The third-order valence-electron chi connectivity index (χ3n) is 3.27. The molecule has 4 heteroatoms. The molecule has 3 rings (SSSR count). The van der Waals surface area contributed by atoms with Crippen LogP contribution in [0.4, 0.5) is 4.39 Å². The first-order chi connectivity index (χ1) is 6.58. The van der Waals surface area contributed by atoms with Gasteiger partial charge in [-0.05, 0) is 30.9 Å². The first-order valence-electron chi connectivity index (χ1n) is 4.57. The second-order valence-corrected chi connectivity index (χ2v) is 6.36. The summed E-state index contributed by atoms with van der Waals surface area (Å²) in [6, 6.07) is 5.62. The largest absolute Gasteiger partial charge is 0.223 e. The maximum absolute atomic E-state index is 13.3. The Morgan fingerprint density at radius 3 is 2.36 bits per heavy atom. The van der Waals surface area contributed by atoms with Gasteiger partial charge in [-0.15, -0.1) is 0 Å². The van der Waals surface area contributed by atoms with E-state index < -0.39 is 20.4 Å². The summed E-state index contributed by atoms with van der Waals surface area (Å²) in [5, 5.41) is 0. The van der Waals surface area contributed by atoms with Crippen molar-refractivity contribution in [1.82, 2.24) is 0 Å². The van der Waals surface area contributed by atoms with E-state index in [4.69, 9.17) is 0 Å². The van der Waals surface area contributed by atoms with Crippen molar-refractivity contribution in [2.45, 2.75) is 22.5 Å². The van der Waals surface area contributed by atoms with Crippen LogP contribution in [0.15, 0.2) is 29.2 Å². The van der Waals surface area contributed by atoms with Gasteiger partial charge in [0.05, 0.1) is 4.75 Å². The minimum absolute atomic E-state index is 0.125. The van der Waals surface area contributed by atoms with Gasteiger partial charge in [0.2, 0.25) is 0 Å². The Hall–Kier alpha value is -0.900. The molecule has 1 aromatic carbocycles. The molecule has 0 heterocycles. The van der Waals surface area contributed by atoms with Gasteiger partial charge in [0, 0.05) is 0 Å². The summed E-state index contributed by atoms with van der Waals surface area (Å²) in [5.41, 5.74) is 0. The third kappa shape index (κ3) is 0.823. The van der Waals surface area contributed by atoms with Crippen molar-refractivity contribution in [2.75, 3.05) is 0 Å². The quantitative estimate of drug-likeness (QED) is 0.748. The minimum Gasteiger partial charge on any atom is -0.223 e. The smallest absolute Gasteiger partial charge is 0.187 e. The number of hydrogen-bond acceptors (Lipinski definition) is 2. The number of fused-ring (bicyclic) bond motifs is 1. The molecular weight excluding hydrogens is 203 g/mol. The lowest BCUT2D eigenvalue weighted by Gasteiger charge is -2.07. The van der Waals surface area contributed by atoms with E-state index in [-0.39, 0.29) is 4.90 Å². The topological polar surface area (TPSA) is 34.1 Å². The van der Waals surface area contributed by atoms with Crippen LogP contribution in [0, 0.1) is 11.7 Å². The first-order valence-corrected chi connectivity index (χ1v) is 6.05. The molecule has 2 nitrogen and oxygen atoms in total. The highest BCUT2D eigenvalue weighted by molar-refractivity contribution is 7.93. The monoisotopic (exact) mass is 212 g/mol. The predicted octanol–water partition coefficient (Wildman–Crippen LogP) is 1.76. The molecule has 2 fully saturated rings. The summed E-state index contributed by atoms with van der Waals surface area (Å²) < 4.78 is 36.6. The lowest BCUT2D eigenvalue weighted by atomic mass is 10.3. The summed E-state index contributed by atoms with van der Waals surface area (Å²) >= 11 is 0. The average Bonchev–Trinajstić information content (AvgIpc) is 2.89. The standard InChI is InChI=1S/C10H9FO2S/c11-8-3-1-2-4-9(8)14(12,13)10-5-7(10)6-10/h1-4,7H,5-6H2. The molecule has 2 aliphatic carbocycles. The maximum atomic E-state index is 13.3. The Morgan fingerprint density at radius 2 is 1.86 bits per heavy atom. The van der Waals surface area contributed by atoms with Crippen molar-refractivity contribution < 1.29 is 12.8 Å². The highest BCUT2D eigenvalue weighted by Gasteiger charge is 2.78. The van der Waals surface area contributed by atoms with Gasteiger partial charge >= 0.3 is 0 Å². The van der Waals surface area contributed by atoms with Crippen molar-refractivity contribution in [2.24, 2.45) is 5.92 Å². The molecule has 0 spiro atoms. The molecule has 74 valence electrons. The van der Waals surface area contributed by atoms with Crippen molar-refractivity contribution in [3.8, 4) is 0 Å². The Kier molecular flexibility index (Phi) is 1.31. The fraction of sp³-hybridized carbons (Fsp3) is 0.400. The third-order valence-corrected chi connectivity index (χ3v) is 5.92. The Labute approximate surface area is 81.7 Å². The summed E-state index contributed by atoms with van der Waals surface area (Å²) in [6.45, 7) is 0. The number of hydrogen-bond donors (Lipinski definition) is 0. The molecular formula is C10H9FO2S. The molecule has 0 amide bonds. The van der Waals surface area contributed by atoms with E-state index in [2.05, 4.69) is 0 Å². The van der Waals surface area contributed by atoms with Gasteiger partial charge < -0.3 is 0 Å². The molecule has 0 N–H and O–H groups in total. The van der Waals surface area contributed by atoms with Crippen molar-refractivity contribution in [3.63, 3.8) is 0 Å². The SMILES string of the molecule is O=S(=O)(c1ccccc1F)C12CC1C2. The van der Waals surface area contributed by atoms with Gasteiger partial charge in [0.25, 0.3) is 0 Å². The van der Waals surface area contributed by atoms with Crippen LogP contribution in [0.2, 0.25) is 0 Å². The van der Waals surface area contributed by atoms with E-state index in [1.54, 1.807) is 6.07 Å². The van der Waals surface area contributed by atoms with Crippen molar-refractivity contribution >= 4 is 9.84 Å². The van der Waals surface area contributed by atoms with Gasteiger partial charge in [0.1, 0.15) is 10.7 Å². The molecule has 0 aliphatic heterocycles. The number of rotatable bonds is 2. The summed E-state index contributed by atoms with van der Waals surface area (Å²) in [6.07, 6.45) is 1.45. The van der Waals surface area contributed by atoms with Crippen LogP contribution in [0.3, 0.4) is 0 Å². The van der Waals surface area contributed by atoms with Crippen LogP contribution in [-0.4, -0.2) is 13.2 Å². The first kappa shape index (κ1) is 8.41. The van der Waals surface area contributed by atoms with Crippen molar-refractivity contribution in [3.05, 3.63) is 30.1 Å². The molecule has 0 aromatic heterocycles. The highest BCUT2D eigenvalue weighted by atomic mass is 32.2. The van der Waals surface area contributed by atoms with E-state index in [1.165, 1.54) is 18.2 Å². The molecule has 0 atom stereocenters. The molecule has 2 saturated carbocycles. The van der Waals surface area contributed by atoms with Gasteiger partial charge in [-0.1, -0.05) is 12.1 Å². The summed E-state index contributed by atoms with van der Waals surface area (Å²) in [5.74, 6) is -0.313. The predicted molar refractivity (Wildman–Crippen MR) is 49.0 cm³/mol. The number of sulfone groups is 1. The normalized spacial score (nSPS) is 33.6. The second kappa shape index (κ2) is 2.19. The van der Waals surface area contributed by atoms with E-state index in [0.29, 0.717) is 5.92 Å². The van der Waals surface area contributed by atoms with Crippen LogP contribution in [0.5, 0.6) is 0 Å². The van der Waals surface area contributed by atoms with Gasteiger partial charge in [-0.2, -0.15) is 0 Å². The zero-order valence-corrected chi connectivity index (χ0v) is 8.22. The van der Waals surface area contributed by atoms with E-state index in [1.807, 2.05) is 0 Å². The van der Waals surface area contributed by atoms with Crippen LogP contribution in [-0.2, 0) is 9.84 Å². The Bertz CT molecular complexity index is 501. The van der Waals surface area contributed by atoms with Crippen LogP contribution in [0.25, 0.3) is 0 Å². The summed E-state index contributed by atoms with van der Waals surface area (Å²) in [4.78, 5) is -0.125.